The first kappa shape index (κ1) is 28.1. The molecule has 2 aliphatic rings. The number of aliphatic hydroxyl groups excluding tert-OH is 1. The summed E-state index contributed by atoms with van der Waals surface area (Å²) in [4.78, 5) is 12.7. The van der Waals surface area contributed by atoms with Gasteiger partial charge in [-0.25, -0.2) is 4.39 Å². The molecule has 0 radical (unpaired) electrons. The van der Waals surface area contributed by atoms with Gasteiger partial charge in [-0.2, -0.15) is 0 Å². The average Bonchev–Trinajstić information content (AvgIpc) is 2.87. The van der Waals surface area contributed by atoms with Gasteiger partial charge in [0.1, 0.15) is 29.7 Å². The smallest absolute Gasteiger partial charge is 0.314 e. The standard InChI is InChI=1S/C31H39FO6/c1-19-11-12-21(32)15-25(19)37-17-24-27(28(33)30(2,3)18-31(24,4)35)23-14-13-22(16-26(23)36-5)38-29(34)20-9-7-6-8-10-20/h11-16,20,28,33,35H,6-10,17-18H2,1-5H3. The number of hydrogen-bond acceptors (Lipinski definition) is 6. The lowest BCUT2D eigenvalue weighted by molar-refractivity contribution is -0.139. The number of benzene rings is 2. The minimum absolute atomic E-state index is 0.0542. The quantitative estimate of drug-likeness (QED) is 0.340. The van der Waals surface area contributed by atoms with Crippen LogP contribution in [0.1, 0.15) is 70.4 Å². The molecule has 0 aromatic heterocycles. The molecule has 1 saturated carbocycles. The number of ether oxygens (including phenoxy) is 3. The summed E-state index contributed by atoms with van der Waals surface area (Å²) in [5.41, 5.74) is 0.331. The molecule has 0 amide bonds. The highest BCUT2D eigenvalue weighted by Crippen LogP contribution is 2.50. The van der Waals surface area contributed by atoms with E-state index in [1.54, 1.807) is 31.2 Å². The molecular weight excluding hydrogens is 487 g/mol. The van der Waals surface area contributed by atoms with Crippen LogP contribution in [0.4, 0.5) is 4.39 Å². The molecule has 2 aliphatic carbocycles. The monoisotopic (exact) mass is 526 g/mol. The molecule has 2 aromatic rings. The number of aliphatic hydroxyl groups is 2. The van der Waals surface area contributed by atoms with E-state index in [4.69, 9.17) is 14.2 Å². The van der Waals surface area contributed by atoms with Crippen molar-refractivity contribution in [2.24, 2.45) is 11.3 Å². The van der Waals surface area contributed by atoms with Crippen molar-refractivity contribution in [3.63, 3.8) is 0 Å². The number of halogens is 1. The Morgan fingerprint density at radius 1 is 1.05 bits per heavy atom. The molecule has 7 heteroatoms. The van der Waals surface area contributed by atoms with E-state index in [9.17, 15) is 19.4 Å². The zero-order chi connectivity index (χ0) is 27.7. The number of esters is 1. The van der Waals surface area contributed by atoms with Crippen molar-refractivity contribution in [3.05, 3.63) is 58.9 Å². The van der Waals surface area contributed by atoms with Gasteiger partial charge in [0.25, 0.3) is 0 Å². The van der Waals surface area contributed by atoms with Crippen LogP contribution in [0.2, 0.25) is 0 Å². The second-order valence-corrected chi connectivity index (χ2v) is 11.6. The highest BCUT2D eigenvalue weighted by molar-refractivity contribution is 5.80. The summed E-state index contributed by atoms with van der Waals surface area (Å²) in [5.74, 6) is 0.385. The first-order valence-electron chi connectivity index (χ1n) is 13.4. The van der Waals surface area contributed by atoms with Gasteiger partial charge in [-0.15, -0.1) is 0 Å². The first-order chi connectivity index (χ1) is 17.9. The average molecular weight is 527 g/mol. The van der Waals surface area contributed by atoms with E-state index in [-0.39, 0.29) is 18.5 Å². The van der Waals surface area contributed by atoms with Crippen LogP contribution in [0.3, 0.4) is 0 Å². The number of methoxy groups -OCH3 is 1. The fourth-order valence-electron chi connectivity index (χ4n) is 5.85. The Kier molecular flexibility index (Phi) is 8.19. The van der Waals surface area contributed by atoms with Crippen molar-refractivity contribution in [1.29, 1.82) is 0 Å². The lowest BCUT2D eigenvalue weighted by atomic mass is 9.64. The largest absolute Gasteiger partial charge is 0.496 e. The van der Waals surface area contributed by atoms with Gasteiger partial charge in [-0.05, 0) is 67.9 Å². The van der Waals surface area contributed by atoms with Gasteiger partial charge in [-0.3, -0.25) is 4.79 Å². The summed E-state index contributed by atoms with van der Waals surface area (Å²) in [6.07, 6.45) is 4.24. The SMILES string of the molecule is COc1cc(OC(=O)C2CCCCC2)ccc1C1=C(COc2cc(F)ccc2C)C(C)(O)CC(C)(C)C1O. The summed E-state index contributed by atoms with van der Waals surface area (Å²) in [6, 6.07) is 9.37. The minimum atomic E-state index is -1.31. The molecule has 1 fully saturated rings. The van der Waals surface area contributed by atoms with E-state index in [2.05, 4.69) is 0 Å². The molecular formula is C31H39FO6. The normalized spacial score (nSPS) is 23.7. The van der Waals surface area contributed by atoms with Crippen LogP contribution in [0.15, 0.2) is 42.0 Å². The maximum atomic E-state index is 13.9. The zero-order valence-corrected chi connectivity index (χ0v) is 23.0. The third-order valence-corrected chi connectivity index (χ3v) is 7.93. The topological polar surface area (TPSA) is 85.2 Å². The lowest BCUT2D eigenvalue weighted by Gasteiger charge is -2.46. The predicted molar refractivity (Wildman–Crippen MR) is 144 cm³/mol. The summed E-state index contributed by atoms with van der Waals surface area (Å²) >= 11 is 0. The van der Waals surface area contributed by atoms with Crippen molar-refractivity contribution in [2.45, 2.75) is 77.9 Å². The number of carbonyl (C=O) groups is 1. The van der Waals surface area contributed by atoms with Crippen LogP contribution in [-0.4, -0.2) is 41.6 Å². The van der Waals surface area contributed by atoms with Crippen molar-refractivity contribution >= 4 is 11.5 Å². The Morgan fingerprint density at radius 2 is 1.76 bits per heavy atom. The second kappa shape index (κ2) is 11.1. The van der Waals surface area contributed by atoms with E-state index in [0.717, 1.165) is 37.7 Å². The fraction of sp³-hybridized carbons (Fsp3) is 0.516. The van der Waals surface area contributed by atoms with Crippen molar-refractivity contribution < 1.29 is 33.6 Å². The summed E-state index contributed by atoms with van der Waals surface area (Å²) in [5, 5.41) is 23.1. The Bertz CT molecular complexity index is 1210. The van der Waals surface area contributed by atoms with Crippen LogP contribution in [-0.2, 0) is 4.79 Å². The number of rotatable bonds is 7. The first-order valence-corrected chi connectivity index (χ1v) is 13.4. The maximum absolute atomic E-state index is 13.9. The van der Waals surface area contributed by atoms with Crippen molar-refractivity contribution in [1.82, 2.24) is 0 Å². The molecule has 206 valence electrons. The van der Waals surface area contributed by atoms with Gasteiger partial charge in [0.05, 0.1) is 24.7 Å². The summed E-state index contributed by atoms with van der Waals surface area (Å²) < 4.78 is 31.3. The van der Waals surface area contributed by atoms with E-state index in [1.807, 2.05) is 20.8 Å². The Labute approximate surface area is 224 Å². The number of aryl methyl sites for hydroxylation is 1. The van der Waals surface area contributed by atoms with Crippen LogP contribution in [0.5, 0.6) is 17.2 Å². The molecule has 6 nitrogen and oxygen atoms in total. The van der Waals surface area contributed by atoms with Crippen LogP contribution < -0.4 is 14.2 Å². The summed E-state index contributed by atoms with van der Waals surface area (Å²) in [7, 11) is 1.51. The fourth-order valence-corrected chi connectivity index (χ4v) is 5.85. The molecule has 0 spiro atoms. The zero-order valence-electron chi connectivity index (χ0n) is 23.0. The van der Waals surface area contributed by atoms with Crippen LogP contribution in [0, 0.1) is 24.1 Å². The van der Waals surface area contributed by atoms with Crippen LogP contribution >= 0.6 is 0 Å². The van der Waals surface area contributed by atoms with Gasteiger partial charge in [0.2, 0.25) is 0 Å². The predicted octanol–water partition coefficient (Wildman–Crippen LogP) is 6.00. The highest BCUT2D eigenvalue weighted by atomic mass is 19.1. The third kappa shape index (κ3) is 5.89. The van der Waals surface area contributed by atoms with Crippen molar-refractivity contribution in [2.75, 3.05) is 13.7 Å². The molecule has 2 atom stereocenters. The Morgan fingerprint density at radius 3 is 2.45 bits per heavy atom. The van der Waals surface area contributed by atoms with Gasteiger partial charge in [-0.1, -0.05) is 39.2 Å². The molecule has 38 heavy (non-hydrogen) atoms. The maximum Gasteiger partial charge on any atom is 0.314 e. The molecule has 2 aromatic carbocycles. The molecule has 2 unspecified atom stereocenters. The molecule has 0 aliphatic heterocycles. The third-order valence-electron chi connectivity index (χ3n) is 7.93. The van der Waals surface area contributed by atoms with E-state index >= 15 is 0 Å². The van der Waals surface area contributed by atoms with E-state index in [0.29, 0.717) is 40.4 Å². The van der Waals surface area contributed by atoms with Gasteiger partial charge in [0, 0.05) is 23.3 Å². The van der Waals surface area contributed by atoms with Crippen LogP contribution in [0.25, 0.3) is 5.57 Å². The Hall–Kier alpha value is -2.90. The van der Waals surface area contributed by atoms with Gasteiger partial charge in [0.15, 0.2) is 0 Å². The number of hydrogen-bond donors (Lipinski definition) is 2. The number of carbonyl (C=O) groups excluding carboxylic acids is 1. The molecule has 0 bridgehead atoms. The van der Waals surface area contributed by atoms with E-state index < -0.39 is 22.9 Å². The lowest BCUT2D eigenvalue weighted by Crippen LogP contribution is -2.47. The van der Waals surface area contributed by atoms with E-state index in [1.165, 1.54) is 19.2 Å². The van der Waals surface area contributed by atoms with Crippen molar-refractivity contribution in [3.8, 4) is 17.2 Å². The van der Waals surface area contributed by atoms with Gasteiger partial charge >= 0.3 is 5.97 Å². The second-order valence-electron chi connectivity index (χ2n) is 11.6. The minimum Gasteiger partial charge on any atom is -0.496 e. The molecule has 0 heterocycles. The summed E-state index contributed by atoms with van der Waals surface area (Å²) in [6.45, 7) is 7.25. The van der Waals surface area contributed by atoms with Gasteiger partial charge < -0.3 is 24.4 Å². The highest BCUT2D eigenvalue weighted by Gasteiger charge is 2.47. The molecule has 4 rings (SSSR count). The Balaban J connectivity index is 1.72. The molecule has 2 N–H and O–H groups in total. The molecule has 0 saturated heterocycles.